The first kappa shape index (κ1) is 19.1. The monoisotopic (exact) mass is 391 g/mol. The molecule has 0 saturated carbocycles. The quantitative estimate of drug-likeness (QED) is 0.646. The van der Waals surface area contributed by atoms with Crippen LogP contribution in [0.15, 0.2) is 60.9 Å². The highest BCUT2D eigenvalue weighted by Crippen LogP contribution is 2.23. The van der Waals surface area contributed by atoms with Gasteiger partial charge in [-0.1, -0.05) is 36.4 Å². The van der Waals surface area contributed by atoms with E-state index in [1.54, 1.807) is 4.68 Å². The van der Waals surface area contributed by atoms with Gasteiger partial charge in [-0.2, -0.15) is 0 Å². The van der Waals surface area contributed by atoms with Gasteiger partial charge in [-0.05, 0) is 60.2 Å². The Balaban J connectivity index is 1.30. The number of carbonyl (C=O) groups excluding carboxylic acids is 1. The second-order valence-electron chi connectivity index (χ2n) is 7.47. The molecule has 7 nitrogen and oxygen atoms in total. The normalized spacial score (nSPS) is 15.8. The van der Waals surface area contributed by atoms with Crippen LogP contribution in [0.3, 0.4) is 0 Å². The van der Waals surface area contributed by atoms with Crippen molar-refractivity contribution in [2.24, 2.45) is 5.92 Å². The van der Waals surface area contributed by atoms with Crippen LogP contribution in [0.2, 0.25) is 0 Å². The third kappa shape index (κ3) is 4.80. The topological polar surface area (TPSA) is 73.1 Å². The third-order valence-corrected chi connectivity index (χ3v) is 5.39. The molecule has 0 unspecified atom stereocenters. The highest BCUT2D eigenvalue weighted by molar-refractivity contribution is 5.81. The fourth-order valence-corrected chi connectivity index (χ4v) is 3.80. The molecule has 0 radical (unpaired) electrons. The van der Waals surface area contributed by atoms with E-state index in [2.05, 4.69) is 39.8 Å². The third-order valence-electron chi connectivity index (χ3n) is 5.39. The van der Waals surface area contributed by atoms with Crippen molar-refractivity contribution in [3.05, 3.63) is 66.5 Å². The van der Waals surface area contributed by atoms with Gasteiger partial charge in [0.2, 0.25) is 0 Å². The Hall–Kier alpha value is -3.22. The Morgan fingerprint density at radius 2 is 1.93 bits per heavy atom. The summed E-state index contributed by atoms with van der Waals surface area (Å²) >= 11 is 0. The van der Waals surface area contributed by atoms with Crippen molar-refractivity contribution in [1.29, 1.82) is 0 Å². The Bertz CT molecular complexity index is 921. The lowest BCUT2D eigenvalue weighted by Gasteiger charge is -2.33. The lowest BCUT2D eigenvalue weighted by molar-refractivity contribution is -0.139. The van der Waals surface area contributed by atoms with Crippen molar-refractivity contribution in [3.63, 3.8) is 0 Å². The van der Waals surface area contributed by atoms with Crippen LogP contribution in [0.1, 0.15) is 25.3 Å². The summed E-state index contributed by atoms with van der Waals surface area (Å²) in [7, 11) is 0. The molecule has 4 rings (SSSR count). The highest BCUT2D eigenvalue weighted by Gasteiger charge is 2.27. The van der Waals surface area contributed by atoms with E-state index < -0.39 is 6.10 Å². The summed E-state index contributed by atoms with van der Waals surface area (Å²) < 4.78 is 7.47. The van der Waals surface area contributed by atoms with Crippen molar-refractivity contribution in [3.8, 4) is 11.4 Å². The molecule has 1 saturated heterocycles. The molecule has 0 spiro atoms. The first-order valence-electron chi connectivity index (χ1n) is 10.0. The molecule has 1 atom stereocenters. The van der Waals surface area contributed by atoms with Crippen LogP contribution in [-0.4, -0.2) is 50.2 Å². The molecule has 29 heavy (non-hydrogen) atoms. The minimum atomic E-state index is -0.537. The lowest BCUT2D eigenvalue weighted by Crippen LogP contribution is -2.45. The molecular formula is C22H25N5O2. The number of tetrazole rings is 1. The minimum absolute atomic E-state index is 0.0380. The van der Waals surface area contributed by atoms with E-state index >= 15 is 0 Å². The molecule has 0 bridgehead atoms. The zero-order chi connectivity index (χ0) is 20.1. The van der Waals surface area contributed by atoms with Gasteiger partial charge in [0.25, 0.3) is 5.91 Å². The molecule has 7 heteroatoms. The second-order valence-corrected chi connectivity index (χ2v) is 7.47. The molecule has 3 aromatic rings. The van der Waals surface area contributed by atoms with E-state index in [0.29, 0.717) is 11.7 Å². The number of rotatable bonds is 6. The number of hydrogen-bond donors (Lipinski definition) is 0. The van der Waals surface area contributed by atoms with Crippen LogP contribution in [0, 0.1) is 5.92 Å². The van der Waals surface area contributed by atoms with E-state index in [4.69, 9.17) is 4.74 Å². The maximum atomic E-state index is 12.8. The molecule has 1 fully saturated rings. The van der Waals surface area contributed by atoms with E-state index in [1.807, 2.05) is 42.2 Å². The fraction of sp³-hybridized carbons (Fsp3) is 0.364. The number of ether oxygens (including phenoxy) is 1. The van der Waals surface area contributed by atoms with Gasteiger partial charge >= 0.3 is 0 Å². The maximum Gasteiger partial charge on any atom is 0.263 e. The zero-order valence-corrected chi connectivity index (χ0v) is 16.5. The van der Waals surface area contributed by atoms with Crippen molar-refractivity contribution in [2.75, 3.05) is 13.1 Å². The van der Waals surface area contributed by atoms with Gasteiger partial charge in [-0.15, -0.1) is 5.10 Å². The summed E-state index contributed by atoms with van der Waals surface area (Å²) in [6, 6.07) is 18.0. The number of carbonyl (C=O) groups is 1. The van der Waals surface area contributed by atoms with Crippen molar-refractivity contribution in [1.82, 2.24) is 25.1 Å². The number of amides is 1. The second kappa shape index (κ2) is 8.86. The standard InChI is InChI=1S/C22H25N5O2/c1-17(29-21-9-5-8-20(15-21)27-16-23-24-25-27)22(28)26-12-10-19(11-13-26)14-18-6-3-2-4-7-18/h2-9,15-17,19H,10-14H2,1H3/t17-/m0/s1. The van der Waals surface area contributed by atoms with Gasteiger partial charge in [0, 0.05) is 19.2 Å². The Kier molecular flexibility index (Phi) is 5.84. The SMILES string of the molecule is C[C@H](Oc1cccc(-n2cnnn2)c1)C(=O)N1CCC(Cc2ccccc2)CC1. The highest BCUT2D eigenvalue weighted by atomic mass is 16.5. The minimum Gasteiger partial charge on any atom is -0.481 e. The molecule has 150 valence electrons. The summed E-state index contributed by atoms with van der Waals surface area (Å²) in [6.45, 7) is 3.38. The van der Waals surface area contributed by atoms with Gasteiger partial charge in [0.15, 0.2) is 6.10 Å². The summed E-state index contributed by atoms with van der Waals surface area (Å²) in [6.07, 6.45) is 4.13. The Morgan fingerprint density at radius 3 is 2.66 bits per heavy atom. The van der Waals surface area contributed by atoms with Gasteiger partial charge in [0.1, 0.15) is 12.1 Å². The lowest BCUT2D eigenvalue weighted by atomic mass is 9.90. The summed E-state index contributed by atoms with van der Waals surface area (Å²) in [5, 5.41) is 11.2. The van der Waals surface area contributed by atoms with Crippen molar-refractivity contribution < 1.29 is 9.53 Å². The molecule has 1 aromatic heterocycles. The van der Waals surface area contributed by atoms with Gasteiger partial charge < -0.3 is 9.64 Å². The van der Waals surface area contributed by atoms with Gasteiger partial charge in [-0.25, -0.2) is 4.68 Å². The van der Waals surface area contributed by atoms with Gasteiger partial charge in [0.05, 0.1) is 5.69 Å². The molecule has 1 amide bonds. The van der Waals surface area contributed by atoms with Crippen LogP contribution < -0.4 is 4.74 Å². The molecule has 0 N–H and O–H groups in total. The van der Waals surface area contributed by atoms with E-state index in [0.717, 1.165) is 38.0 Å². The first-order valence-corrected chi connectivity index (χ1v) is 10.0. The first-order chi connectivity index (χ1) is 14.2. The number of piperidine rings is 1. The predicted octanol–water partition coefficient (Wildman–Crippen LogP) is 2.91. The van der Waals surface area contributed by atoms with E-state index in [1.165, 1.54) is 11.9 Å². The van der Waals surface area contributed by atoms with Crippen LogP contribution in [0.5, 0.6) is 5.75 Å². The number of benzene rings is 2. The summed E-state index contributed by atoms with van der Waals surface area (Å²) in [5.41, 5.74) is 2.16. The van der Waals surface area contributed by atoms with Gasteiger partial charge in [-0.3, -0.25) is 4.79 Å². The smallest absolute Gasteiger partial charge is 0.263 e. The molecular weight excluding hydrogens is 366 g/mol. The molecule has 2 heterocycles. The number of hydrogen-bond acceptors (Lipinski definition) is 5. The zero-order valence-electron chi connectivity index (χ0n) is 16.5. The largest absolute Gasteiger partial charge is 0.481 e. The average Bonchev–Trinajstić information content (AvgIpc) is 3.30. The number of likely N-dealkylation sites (tertiary alicyclic amines) is 1. The van der Waals surface area contributed by atoms with Crippen molar-refractivity contribution in [2.45, 2.75) is 32.3 Å². The predicted molar refractivity (Wildman–Crippen MR) is 109 cm³/mol. The maximum absolute atomic E-state index is 12.8. The number of nitrogens with zero attached hydrogens (tertiary/aromatic N) is 5. The molecule has 2 aromatic carbocycles. The van der Waals surface area contributed by atoms with Crippen LogP contribution in [0.4, 0.5) is 0 Å². The summed E-state index contributed by atoms with van der Waals surface area (Å²) in [4.78, 5) is 14.8. The van der Waals surface area contributed by atoms with Crippen LogP contribution in [0.25, 0.3) is 5.69 Å². The molecule has 1 aliphatic heterocycles. The van der Waals surface area contributed by atoms with Crippen LogP contribution >= 0.6 is 0 Å². The van der Waals surface area contributed by atoms with Crippen LogP contribution in [-0.2, 0) is 11.2 Å². The van der Waals surface area contributed by atoms with E-state index in [9.17, 15) is 4.79 Å². The Labute approximate surface area is 170 Å². The van der Waals surface area contributed by atoms with Crippen molar-refractivity contribution >= 4 is 5.91 Å². The number of aromatic nitrogens is 4. The van der Waals surface area contributed by atoms with E-state index in [-0.39, 0.29) is 5.91 Å². The average molecular weight is 391 g/mol. The molecule has 1 aliphatic rings. The fourth-order valence-electron chi connectivity index (χ4n) is 3.80. The summed E-state index contributed by atoms with van der Waals surface area (Å²) in [5.74, 6) is 1.29. The molecule has 0 aliphatic carbocycles. The Morgan fingerprint density at radius 1 is 1.14 bits per heavy atom.